The highest BCUT2D eigenvalue weighted by Gasteiger charge is 2.23. The van der Waals surface area contributed by atoms with E-state index in [-0.39, 0.29) is 0 Å². The molecule has 0 aromatic heterocycles. The van der Waals surface area contributed by atoms with Crippen molar-refractivity contribution in [3.63, 3.8) is 0 Å². The van der Waals surface area contributed by atoms with Crippen LogP contribution >= 0.6 is 0 Å². The van der Waals surface area contributed by atoms with Crippen molar-refractivity contribution < 1.29 is 0 Å². The van der Waals surface area contributed by atoms with Crippen LogP contribution in [-0.2, 0) is 6.42 Å². The molecule has 1 aromatic rings. The fourth-order valence-corrected chi connectivity index (χ4v) is 2.51. The lowest BCUT2D eigenvalue weighted by Gasteiger charge is -2.30. The monoisotopic (exact) mass is 232 g/mol. The third-order valence-corrected chi connectivity index (χ3v) is 4.01. The van der Waals surface area contributed by atoms with Crippen LogP contribution in [0.25, 0.3) is 0 Å². The van der Waals surface area contributed by atoms with Crippen molar-refractivity contribution in [2.45, 2.75) is 39.3 Å². The summed E-state index contributed by atoms with van der Waals surface area (Å²) in [7, 11) is 2.23. The van der Waals surface area contributed by atoms with Gasteiger partial charge in [-0.2, -0.15) is 0 Å². The van der Waals surface area contributed by atoms with Crippen molar-refractivity contribution in [2.24, 2.45) is 5.92 Å². The number of benzene rings is 1. The number of nitrogens with zero attached hydrogens (tertiary/aromatic N) is 1. The average Bonchev–Trinajstić information content (AvgIpc) is 2.69. The van der Waals surface area contributed by atoms with Crippen molar-refractivity contribution >= 4 is 5.69 Å². The molecule has 1 heterocycles. The number of nitrogens with one attached hydrogen (secondary N) is 1. The molecule has 0 aliphatic carbocycles. The summed E-state index contributed by atoms with van der Waals surface area (Å²) < 4.78 is 0. The second-order valence-corrected chi connectivity index (χ2v) is 5.63. The molecule has 17 heavy (non-hydrogen) atoms. The maximum absolute atomic E-state index is 3.62. The Labute approximate surface area is 105 Å². The highest BCUT2D eigenvalue weighted by molar-refractivity contribution is 5.56. The van der Waals surface area contributed by atoms with Crippen molar-refractivity contribution in [3.8, 4) is 0 Å². The maximum Gasteiger partial charge on any atom is 0.0429 e. The predicted molar refractivity (Wildman–Crippen MR) is 74.5 cm³/mol. The van der Waals surface area contributed by atoms with E-state index in [1.54, 1.807) is 0 Å². The van der Waals surface area contributed by atoms with Crippen LogP contribution in [0.1, 0.15) is 26.3 Å². The second-order valence-electron chi connectivity index (χ2n) is 5.63. The van der Waals surface area contributed by atoms with E-state index in [1.165, 1.54) is 11.3 Å². The minimum atomic E-state index is 0.568. The van der Waals surface area contributed by atoms with Crippen LogP contribution in [0.4, 0.5) is 5.69 Å². The van der Waals surface area contributed by atoms with Crippen molar-refractivity contribution in [1.82, 2.24) is 4.90 Å². The number of fused-ring (bicyclic) bond motifs is 1. The molecule has 1 aliphatic rings. The van der Waals surface area contributed by atoms with Gasteiger partial charge in [-0.15, -0.1) is 0 Å². The molecule has 1 N–H and O–H groups in total. The molecular weight excluding hydrogens is 208 g/mol. The fraction of sp³-hybridized carbons (Fsp3) is 0.600. The summed E-state index contributed by atoms with van der Waals surface area (Å²) in [6.07, 6.45) is 1.16. The highest BCUT2D eigenvalue weighted by atomic mass is 15.2. The molecule has 0 amide bonds. The van der Waals surface area contributed by atoms with Gasteiger partial charge in [0.05, 0.1) is 0 Å². The van der Waals surface area contributed by atoms with Crippen LogP contribution in [0.3, 0.4) is 0 Å². The smallest absolute Gasteiger partial charge is 0.0429 e. The second kappa shape index (κ2) is 5.09. The van der Waals surface area contributed by atoms with E-state index < -0.39 is 0 Å². The molecule has 0 spiro atoms. The Morgan fingerprint density at radius 3 is 2.65 bits per heavy atom. The minimum Gasteiger partial charge on any atom is -0.380 e. The van der Waals surface area contributed by atoms with Crippen molar-refractivity contribution in [2.75, 3.05) is 18.9 Å². The number of hydrogen-bond donors (Lipinski definition) is 1. The average molecular weight is 232 g/mol. The zero-order valence-electron chi connectivity index (χ0n) is 11.4. The molecule has 0 bridgehead atoms. The summed E-state index contributed by atoms with van der Waals surface area (Å²) in [6.45, 7) is 8.01. The molecule has 0 fully saturated rings. The number of hydrogen-bond acceptors (Lipinski definition) is 2. The molecule has 2 nitrogen and oxygen atoms in total. The van der Waals surface area contributed by atoms with Gasteiger partial charge >= 0.3 is 0 Å². The summed E-state index contributed by atoms with van der Waals surface area (Å²) in [5.74, 6) is 0.712. The molecular formula is C15H24N2. The Balaban J connectivity index is 1.91. The molecule has 94 valence electrons. The van der Waals surface area contributed by atoms with E-state index in [2.05, 4.69) is 62.3 Å². The number of rotatable bonds is 4. The summed E-state index contributed by atoms with van der Waals surface area (Å²) in [5, 5.41) is 3.62. The van der Waals surface area contributed by atoms with E-state index in [0.717, 1.165) is 13.0 Å². The van der Waals surface area contributed by atoms with Gasteiger partial charge in [0.1, 0.15) is 0 Å². The van der Waals surface area contributed by atoms with Crippen LogP contribution in [0, 0.1) is 5.92 Å². The lowest BCUT2D eigenvalue weighted by atomic mass is 10.0. The summed E-state index contributed by atoms with van der Waals surface area (Å²) in [4.78, 5) is 2.47. The number of likely N-dealkylation sites (N-methyl/N-ethyl adjacent to an activating group) is 1. The molecule has 2 unspecified atom stereocenters. The first-order valence-corrected chi connectivity index (χ1v) is 6.62. The Bertz CT molecular complexity index is 348. The van der Waals surface area contributed by atoms with E-state index in [0.29, 0.717) is 18.0 Å². The fourth-order valence-electron chi connectivity index (χ4n) is 2.51. The predicted octanol–water partition coefficient (Wildman–Crippen LogP) is 3.00. The van der Waals surface area contributed by atoms with Crippen LogP contribution in [0.15, 0.2) is 24.3 Å². The number of anilines is 1. The molecule has 0 radical (unpaired) electrons. The molecule has 2 atom stereocenters. The third-order valence-electron chi connectivity index (χ3n) is 4.01. The lowest BCUT2D eigenvalue weighted by Crippen LogP contribution is -2.40. The lowest BCUT2D eigenvalue weighted by molar-refractivity contribution is 0.201. The molecule has 2 heteroatoms. The van der Waals surface area contributed by atoms with Gasteiger partial charge in [-0.25, -0.2) is 0 Å². The number of para-hydroxylation sites is 1. The zero-order valence-corrected chi connectivity index (χ0v) is 11.4. The zero-order chi connectivity index (χ0) is 12.4. The van der Waals surface area contributed by atoms with Crippen LogP contribution in [-0.4, -0.2) is 30.6 Å². The minimum absolute atomic E-state index is 0.568. The van der Waals surface area contributed by atoms with Gasteiger partial charge in [-0.05, 0) is 37.9 Å². The first-order valence-electron chi connectivity index (χ1n) is 6.62. The van der Waals surface area contributed by atoms with Crippen LogP contribution in [0.5, 0.6) is 0 Å². The van der Waals surface area contributed by atoms with Crippen molar-refractivity contribution in [3.05, 3.63) is 29.8 Å². The largest absolute Gasteiger partial charge is 0.380 e. The van der Waals surface area contributed by atoms with Gasteiger partial charge in [-0.3, -0.25) is 0 Å². The van der Waals surface area contributed by atoms with E-state index >= 15 is 0 Å². The van der Waals surface area contributed by atoms with Gasteiger partial charge in [0.25, 0.3) is 0 Å². The quantitative estimate of drug-likeness (QED) is 0.858. The normalized spacial score (nSPS) is 20.5. The highest BCUT2D eigenvalue weighted by Crippen LogP contribution is 2.25. The Morgan fingerprint density at radius 2 is 2.00 bits per heavy atom. The summed E-state index contributed by atoms with van der Waals surface area (Å²) in [6, 6.07) is 9.85. The van der Waals surface area contributed by atoms with E-state index in [9.17, 15) is 0 Å². The first-order chi connectivity index (χ1) is 8.08. The summed E-state index contributed by atoms with van der Waals surface area (Å²) in [5.41, 5.74) is 2.78. The Morgan fingerprint density at radius 1 is 1.29 bits per heavy atom. The van der Waals surface area contributed by atoms with Gasteiger partial charge in [-0.1, -0.05) is 32.0 Å². The van der Waals surface area contributed by atoms with Crippen LogP contribution < -0.4 is 5.32 Å². The van der Waals surface area contributed by atoms with Gasteiger partial charge in [0.15, 0.2) is 0 Å². The van der Waals surface area contributed by atoms with Gasteiger partial charge < -0.3 is 10.2 Å². The molecule has 0 saturated carbocycles. The Hall–Kier alpha value is -1.02. The SMILES string of the molecule is CC(C)C(C)N(C)CC1Cc2ccccc2N1. The first kappa shape index (κ1) is 12.4. The third kappa shape index (κ3) is 2.81. The van der Waals surface area contributed by atoms with Gasteiger partial charge in [0.2, 0.25) is 0 Å². The van der Waals surface area contributed by atoms with E-state index in [4.69, 9.17) is 0 Å². The van der Waals surface area contributed by atoms with E-state index in [1.807, 2.05) is 0 Å². The maximum atomic E-state index is 3.62. The molecule has 1 aromatic carbocycles. The van der Waals surface area contributed by atoms with Crippen LogP contribution in [0.2, 0.25) is 0 Å². The Kier molecular flexibility index (Phi) is 3.72. The molecule has 0 saturated heterocycles. The molecule has 1 aliphatic heterocycles. The standard InChI is InChI=1S/C15H24N2/c1-11(2)12(3)17(4)10-14-9-13-7-5-6-8-15(13)16-14/h5-8,11-12,14,16H,9-10H2,1-4H3. The van der Waals surface area contributed by atoms with Crippen molar-refractivity contribution in [1.29, 1.82) is 0 Å². The van der Waals surface area contributed by atoms with Gasteiger partial charge in [0, 0.05) is 24.3 Å². The topological polar surface area (TPSA) is 15.3 Å². The molecule has 2 rings (SSSR count). The summed E-state index contributed by atoms with van der Waals surface area (Å²) >= 11 is 0.